The fraction of sp³-hybridized carbons (Fsp3) is 0.211. The number of nitrogen functional groups attached to an aromatic ring is 1. The van der Waals surface area contributed by atoms with E-state index in [4.69, 9.17) is 17.4 Å². The van der Waals surface area contributed by atoms with Crippen molar-refractivity contribution in [3.05, 3.63) is 70.9 Å². The van der Waals surface area contributed by atoms with Gasteiger partial charge in [0.05, 0.1) is 5.52 Å². The molecule has 0 unspecified atom stereocenters. The molecule has 24 heavy (non-hydrogen) atoms. The van der Waals surface area contributed by atoms with Gasteiger partial charge < -0.3 is 10.7 Å². The van der Waals surface area contributed by atoms with E-state index in [2.05, 4.69) is 6.92 Å². The summed E-state index contributed by atoms with van der Waals surface area (Å²) in [5.74, 6) is 6.07. The maximum absolute atomic E-state index is 13.0. The number of carbonyl (C=O) groups excluding carboxylic acids is 1. The zero-order chi connectivity index (χ0) is 17.1. The number of carbonyl (C=O) groups is 1. The molecule has 2 N–H and O–H groups in total. The maximum atomic E-state index is 13.0. The third-order valence-electron chi connectivity index (χ3n) is 4.03. The number of hydrogen-bond acceptors (Lipinski definition) is 2. The molecule has 4 nitrogen and oxygen atoms in total. The predicted molar refractivity (Wildman–Crippen MR) is 98.6 cm³/mol. The van der Waals surface area contributed by atoms with Crippen LogP contribution in [0, 0.1) is 0 Å². The monoisotopic (exact) mass is 341 g/mol. The lowest BCUT2D eigenvalue weighted by Gasteiger charge is -2.22. The number of nitrogens with two attached hydrogens (primary N) is 1. The zero-order valence-electron chi connectivity index (χ0n) is 13.6. The fourth-order valence-corrected chi connectivity index (χ4v) is 2.96. The van der Waals surface area contributed by atoms with E-state index in [1.807, 2.05) is 59.5 Å². The Labute approximate surface area is 146 Å². The first-order chi connectivity index (χ1) is 11.6. The molecule has 2 aromatic carbocycles. The highest BCUT2D eigenvalue weighted by Crippen LogP contribution is 2.20. The molecule has 0 spiro atoms. The topological polar surface area (TPSA) is 51.3 Å². The summed E-state index contributed by atoms with van der Waals surface area (Å²) in [6.45, 7) is 3.26. The molecular formula is C19H20ClN3O. The third-order valence-corrected chi connectivity index (χ3v) is 4.29. The van der Waals surface area contributed by atoms with E-state index < -0.39 is 0 Å². The fourth-order valence-electron chi connectivity index (χ4n) is 2.83. The van der Waals surface area contributed by atoms with E-state index in [9.17, 15) is 4.79 Å². The standard InChI is InChI=1S/C19H20ClN3O/c1-2-11-22(13-14-7-9-16(20)10-8-14)19(24)18-12-15-5-3-4-6-17(15)23(18)21/h3-10,12H,2,11,13,21H2,1H3. The van der Waals surface area contributed by atoms with Gasteiger partial charge in [0.2, 0.25) is 0 Å². The van der Waals surface area contributed by atoms with Gasteiger partial charge in [0.15, 0.2) is 0 Å². The minimum Gasteiger partial charge on any atom is -0.338 e. The van der Waals surface area contributed by atoms with Gasteiger partial charge >= 0.3 is 0 Å². The van der Waals surface area contributed by atoms with Crippen molar-refractivity contribution in [3.63, 3.8) is 0 Å². The van der Waals surface area contributed by atoms with Gasteiger partial charge in [-0.15, -0.1) is 0 Å². The summed E-state index contributed by atoms with van der Waals surface area (Å²) >= 11 is 5.93. The molecule has 3 rings (SSSR count). The number of amides is 1. The number of aromatic nitrogens is 1. The Bertz CT molecular complexity index is 855. The zero-order valence-corrected chi connectivity index (χ0v) is 14.3. The van der Waals surface area contributed by atoms with E-state index in [1.165, 1.54) is 4.68 Å². The number of halogens is 1. The molecule has 0 fully saturated rings. The second kappa shape index (κ2) is 6.97. The highest BCUT2D eigenvalue weighted by atomic mass is 35.5. The molecule has 1 heterocycles. The van der Waals surface area contributed by atoms with Gasteiger partial charge in [0.1, 0.15) is 5.69 Å². The number of rotatable bonds is 5. The summed E-state index contributed by atoms with van der Waals surface area (Å²) in [5.41, 5.74) is 2.39. The first-order valence-corrected chi connectivity index (χ1v) is 8.37. The Hall–Kier alpha value is -2.46. The average Bonchev–Trinajstić information content (AvgIpc) is 2.93. The van der Waals surface area contributed by atoms with Crippen molar-refractivity contribution in [1.29, 1.82) is 0 Å². The molecule has 5 heteroatoms. The molecule has 3 aromatic rings. The van der Waals surface area contributed by atoms with E-state index in [-0.39, 0.29) is 5.91 Å². The third kappa shape index (κ3) is 3.24. The lowest BCUT2D eigenvalue weighted by Crippen LogP contribution is -2.34. The molecule has 0 aliphatic heterocycles. The molecule has 0 aliphatic rings. The summed E-state index contributed by atoms with van der Waals surface area (Å²) in [6.07, 6.45) is 0.879. The molecule has 0 bridgehead atoms. The number of benzene rings is 2. The van der Waals surface area contributed by atoms with Crippen LogP contribution in [0.4, 0.5) is 0 Å². The molecule has 0 radical (unpaired) electrons. The largest absolute Gasteiger partial charge is 0.338 e. The summed E-state index contributed by atoms with van der Waals surface area (Å²) < 4.78 is 1.47. The van der Waals surface area contributed by atoms with Crippen molar-refractivity contribution in [2.75, 3.05) is 12.4 Å². The SMILES string of the molecule is CCCN(Cc1ccc(Cl)cc1)C(=O)c1cc2ccccc2n1N. The second-order valence-electron chi connectivity index (χ2n) is 5.81. The molecule has 0 aliphatic carbocycles. The first-order valence-electron chi connectivity index (χ1n) is 7.99. The molecular weight excluding hydrogens is 322 g/mol. The molecule has 124 valence electrons. The van der Waals surface area contributed by atoms with Crippen LogP contribution >= 0.6 is 11.6 Å². The molecule has 0 saturated heterocycles. The number of fused-ring (bicyclic) bond motifs is 1. The summed E-state index contributed by atoms with van der Waals surface area (Å²) in [7, 11) is 0. The van der Waals surface area contributed by atoms with Crippen LogP contribution in [-0.2, 0) is 6.54 Å². The molecule has 0 saturated carbocycles. The van der Waals surface area contributed by atoms with Gasteiger partial charge in [-0.3, -0.25) is 9.47 Å². The van der Waals surface area contributed by atoms with E-state index in [0.717, 1.165) is 22.9 Å². The van der Waals surface area contributed by atoms with Crippen LogP contribution in [0.2, 0.25) is 5.02 Å². The van der Waals surface area contributed by atoms with Crippen molar-refractivity contribution in [2.45, 2.75) is 19.9 Å². The summed E-state index contributed by atoms with van der Waals surface area (Å²) in [5, 5.41) is 1.65. The molecule has 0 atom stereocenters. The van der Waals surface area contributed by atoms with Crippen LogP contribution in [-0.4, -0.2) is 22.0 Å². The van der Waals surface area contributed by atoms with Gasteiger partial charge in [-0.05, 0) is 36.2 Å². The quantitative estimate of drug-likeness (QED) is 0.711. The Balaban J connectivity index is 1.90. The van der Waals surface area contributed by atoms with Crippen molar-refractivity contribution >= 4 is 28.4 Å². The Morgan fingerprint density at radius 1 is 1.17 bits per heavy atom. The van der Waals surface area contributed by atoms with Crippen LogP contribution in [0.3, 0.4) is 0 Å². The van der Waals surface area contributed by atoms with E-state index in [1.54, 1.807) is 0 Å². The van der Waals surface area contributed by atoms with Crippen molar-refractivity contribution in [3.8, 4) is 0 Å². The minimum absolute atomic E-state index is 0.0644. The van der Waals surface area contributed by atoms with Crippen LogP contribution in [0.1, 0.15) is 29.4 Å². The van der Waals surface area contributed by atoms with Gasteiger partial charge in [0.25, 0.3) is 5.91 Å². The highest BCUT2D eigenvalue weighted by Gasteiger charge is 2.20. The summed E-state index contributed by atoms with van der Waals surface area (Å²) in [6, 6.07) is 17.1. The number of nitrogens with zero attached hydrogens (tertiary/aromatic N) is 2. The summed E-state index contributed by atoms with van der Waals surface area (Å²) in [4.78, 5) is 14.8. The number of hydrogen-bond donors (Lipinski definition) is 1. The normalized spacial score (nSPS) is 10.9. The first kappa shape index (κ1) is 16.4. The smallest absolute Gasteiger partial charge is 0.272 e. The van der Waals surface area contributed by atoms with Crippen molar-refractivity contribution in [2.24, 2.45) is 0 Å². The van der Waals surface area contributed by atoms with Gasteiger partial charge in [-0.2, -0.15) is 0 Å². The van der Waals surface area contributed by atoms with Crippen LogP contribution in [0.15, 0.2) is 54.6 Å². The minimum atomic E-state index is -0.0644. The van der Waals surface area contributed by atoms with Crippen LogP contribution in [0.5, 0.6) is 0 Å². The van der Waals surface area contributed by atoms with Crippen molar-refractivity contribution in [1.82, 2.24) is 9.58 Å². The number of para-hydroxylation sites is 1. The Morgan fingerprint density at radius 2 is 1.88 bits per heavy atom. The van der Waals surface area contributed by atoms with Gasteiger partial charge in [-0.1, -0.05) is 48.9 Å². The Kier molecular flexibility index (Phi) is 4.76. The van der Waals surface area contributed by atoms with E-state index >= 15 is 0 Å². The Morgan fingerprint density at radius 3 is 2.54 bits per heavy atom. The lowest BCUT2D eigenvalue weighted by atomic mass is 10.2. The predicted octanol–water partition coefficient (Wildman–Crippen LogP) is 4.06. The second-order valence-corrected chi connectivity index (χ2v) is 6.25. The van der Waals surface area contributed by atoms with Gasteiger partial charge in [0, 0.05) is 23.5 Å². The lowest BCUT2D eigenvalue weighted by molar-refractivity contribution is 0.0735. The molecule has 1 aromatic heterocycles. The molecule has 1 amide bonds. The maximum Gasteiger partial charge on any atom is 0.272 e. The van der Waals surface area contributed by atoms with Gasteiger partial charge in [-0.25, -0.2) is 0 Å². The van der Waals surface area contributed by atoms with Crippen LogP contribution < -0.4 is 5.84 Å². The highest BCUT2D eigenvalue weighted by molar-refractivity contribution is 6.30. The van der Waals surface area contributed by atoms with Crippen LogP contribution in [0.25, 0.3) is 10.9 Å². The van der Waals surface area contributed by atoms with Crippen molar-refractivity contribution < 1.29 is 4.79 Å². The average molecular weight is 342 g/mol. The van der Waals surface area contributed by atoms with E-state index in [0.29, 0.717) is 23.8 Å².